The van der Waals surface area contributed by atoms with Crippen LogP contribution in [0.15, 0.2) is 47.6 Å². The van der Waals surface area contributed by atoms with Gasteiger partial charge in [0.15, 0.2) is 11.0 Å². The molecular formula is C25H28FN5OS. The van der Waals surface area contributed by atoms with Gasteiger partial charge in [-0.1, -0.05) is 36.0 Å². The summed E-state index contributed by atoms with van der Waals surface area (Å²) in [7, 11) is 0. The highest BCUT2D eigenvalue weighted by Crippen LogP contribution is 2.41. The maximum Gasteiger partial charge on any atom is 0.233 e. The van der Waals surface area contributed by atoms with E-state index in [0.29, 0.717) is 35.4 Å². The lowest BCUT2D eigenvalue weighted by atomic mass is 10.1. The molecule has 5 rings (SSSR count). The van der Waals surface area contributed by atoms with Crippen molar-refractivity contribution in [3.05, 3.63) is 59.4 Å². The van der Waals surface area contributed by atoms with Crippen molar-refractivity contribution in [1.82, 2.24) is 19.7 Å². The second-order valence-corrected chi connectivity index (χ2v) is 9.71. The highest BCUT2D eigenvalue weighted by atomic mass is 32.2. The fourth-order valence-electron chi connectivity index (χ4n) is 4.36. The van der Waals surface area contributed by atoms with Crippen LogP contribution in [0.3, 0.4) is 0 Å². The highest BCUT2D eigenvalue weighted by Gasteiger charge is 2.31. The Bertz CT molecular complexity index is 1170. The Morgan fingerprint density at radius 3 is 2.52 bits per heavy atom. The molecule has 1 amide bonds. The van der Waals surface area contributed by atoms with E-state index in [1.54, 1.807) is 18.2 Å². The summed E-state index contributed by atoms with van der Waals surface area (Å²) in [6.07, 6.45) is 2.06. The molecule has 0 atom stereocenters. The minimum Gasteiger partial charge on any atom is -0.368 e. The van der Waals surface area contributed by atoms with Crippen LogP contribution in [0.2, 0.25) is 0 Å². The van der Waals surface area contributed by atoms with Gasteiger partial charge >= 0.3 is 0 Å². The minimum atomic E-state index is -0.304. The normalized spacial score (nSPS) is 16.3. The van der Waals surface area contributed by atoms with E-state index >= 15 is 0 Å². The first-order valence-electron chi connectivity index (χ1n) is 11.4. The number of aromatic nitrogens is 3. The second kappa shape index (κ2) is 9.17. The fourth-order valence-corrected chi connectivity index (χ4v) is 5.26. The number of halogens is 1. The molecule has 0 bridgehead atoms. The third kappa shape index (κ3) is 4.49. The molecule has 0 N–H and O–H groups in total. The monoisotopic (exact) mass is 465 g/mol. The predicted octanol–water partition coefficient (Wildman–Crippen LogP) is 4.48. The number of hydrogen-bond donors (Lipinski definition) is 0. The molecule has 1 saturated carbocycles. The van der Waals surface area contributed by atoms with Crippen LogP contribution in [0.4, 0.5) is 10.1 Å². The molecule has 1 saturated heterocycles. The van der Waals surface area contributed by atoms with Gasteiger partial charge in [0, 0.05) is 37.9 Å². The molecule has 2 fully saturated rings. The van der Waals surface area contributed by atoms with Gasteiger partial charge in [0.1, 0.15) is 5.82 Å². The Kier molecular flexibility index (Phi) is 6.10. The number of hydrogen-bond acceptors (Lipinski definition) is 5. The Hall–Kier alpha value is -2.87. The third-order valence-corrected chi connectivity index (χ3v) is 7.49. The molecule has 0 unspecified atom stereocenters. The quantitative estimate of drug-likeness (QED) is 0.503. The Balaban J connectivity index is 1.23. The van der Waals surface area contributed by atoms with Gasteiger partial charge in [0.25, 0.3) is 0 Å². The summed E-state index contributed by atoms with van der Waals surface area (Å²) in [6.45, 7) is 7.37. The summed E-state index contributed by atoms with van der Waals surface area (Å²) in [5.41, 5.74) is 4.31. The molecule has 2 aromatic carbocycles. The predicted molar refractivity (Wildman–Crippen MR) is 129 cm³/mol. The lowest BCUT2D eigenvalue weighted by Crippen LogP contribution is -2.49. The summed E-state index contributed by atoms with van der Waals surface area (Å²) in [5, 5.41) is 9.28. The number of carbonyl (C=O) groups is 1. The van der Waals surface area contributed by atoms with E-state index in [0.717, 1.165) is 25.9 Å². The number of anilines is 1. The first-order chi connectivity index (χ1) is 16.0. The fraction of sp³-hybridized carbons (Fsp3) is 0.400. The summed E-state index contributed by atoms with van der Waals surface area (Å²) in [5.74, 6) is 0.665. The molecule has 1 aliphatic carbocycles. The first-order valence-corrected chi connectivity index (χ1v) is 12.4. The van der Waals surface area contributed by atoms with Crippen LogP contribution in [-0.2, 0) is 4.79 Å². The average Bonchev–Trinajstić information content (AvgIpc) is 3.59. The maximum atomic E-state index is 14.4. The van der Waals surface area contributed by atoms with Crippen LogP contribution in [0.25, 0.3) is 11.4 Å². The van der Waals surface area contributed by atoms with Gasteiger partial charge in [-0.25, -0.2) is 4.39 Å². The number of benzene rings is 2. The van der Waals surface area contributed by atoms with Gasteiger partial charge in [0.2, 0.25) is 5.91 Å². The lowest BCUT2D eigenvalue weighted by Gasteiger charge is -2.37. The van der Waals surface area contributed by atoms with Gasteiger partial charge in [-0.2, -0.15) is 0 Å². The molecule has 3 aromatic rings. The van der Waals surface area contributed by atoms with Gasteiger partial charge in [-0.05, 0) is 56.0 Å². The van der Waals surface area contributed by atoms with E-state index in [1.807, 2.05) is 9.47 Å². The van der Waals surface area contributed by atoms with E-state index in [-0.39, 0.29) is 17.8 Å². The summed E-state index contributed by atoms with van der Waals surface area (Å²) in [4.78, 5) is 17.2. The van der Waals surface area contributed by atoms with Crippen molar-refractivity contribution in [3.8, 4) is 11.4 Å². The third-order valence-electron chi connectivity index (χ3n) is 6.57. The Labute approximate surface area is 197 Å². The average molecular weight is 466 g/mol. The van der Waals surface area contributed by atoms with E-state index in [1.165, 1.54) is 34.6 Å². The zero-order valence-corrected chi connectivity index (χ0v) is 19.8. The zero-order chi connectivity index (χ0) is 22.9. The van der Waals surface area contributed by atoms with Crippen molar-refractivity contribution in [2.24, 2.45) is 0 Å². The molecule has 1 aliphatic heterocycles. The van der Waals surface area contributed by atoms with Crippen LogP contribution >= 0.6 is 11.8 Å². The topological polar surface area (TPSA) is 54.3 Å². The van der Waals surface area contributed by atoms with Crippen molar-refractivity contribution in [1.29, 1.82) is 0 Å². The van der Waals surface area contributed by atoms with Crippen LogP contribution in [0, 0.1) is 19.7 Å². The number of amides is 1. The number of nitrogens with zero attached hydrogens (tertiary/aromatic N) is 5. The van der Waals surface area contributed by atoms with Gasteiger partial charge < -0.3 is 9.80 Å². The number of rotatable bonds is 6. The van der Waals surface area contributed by atoms with Gasteiger partial charge in [0.05, 0.1) is 11.3 Å². The molecule has 172 valence electrons. The van der Waals surface area contributed by atoms with Gasteiger partial charge in [-0.3, -0.25) is 9.36 Å². The van der Waals surface area contributed by atoms with Crippen molar-refractivity contribution in [2.45, 2.75) is 37.9 Å². The maximum absolute atomic E-state index is 14.4. The summed E-state index contributed by atoms with van der Waals surface area (Å²) >= 11 is 1.40. The zero-order valence-electron chi connectivity index (χ0n) is 19.0. The number of thioether (sulfide) groups is 1. The first kappa shape index (κ1) is 21.9. The van der Waals surface area contributed by atoms with Crippen LogP contribution in [-0.4, -0.2) is 57.5 Å². The Morgan fingerprint density at radius 1 is 1.03 bits per heavy atom. The van der Waals surface area contributed by atoms with Crippen molar-refractivity contribution in [2.75, 3.05) is 36.8 Å². The van der Waals surface area contributed by atoms with Crippen molar-refractivity contribution in [3.63, 3.8) is 0 Å². The van der Waals surface area contributed by atoms with Crippen molar-refractivity contribution >= 4 is 23.4 Å². The highest BCUT2D eigenvalue weighted by molar-refractivity contribution is 7.99. The van der Waals surface area contributed by atoms with E-state index < -0.39 is 0 Å². The minimum absolute atomic E-state index is 0.110. The molecule has 8 heteroatoms. The largest absolute Gasteiger partial charge is 0.368 e. The SMILES string of the molecule is Cc1cccc(N2CCN(C(=O)CSc3nnc(-c4ccccc4F)n3C3CC3)CC2)c1C. The van der Waals surface area contributed by atoms with Crippen LogP contribution in [0.5, 0.6) is 0 Å². The molecule has 6 nitrogen and oxygen atoms in total. The van der Waals surface area contributed by atoms with Crippen LogP contribution in [0.1, 0.15) is 30.0 Å². The smallest absolute Gasteiger partial charge is 0.233 e. The number of carbonyl (C=O) groups excluding carboxylic acids is 1. The lowest BCUT2D eigenvalue weighted by molar-refractivity contribution is -0.128. The molecule has 33 heavy (non-hydrogen) atoms. The standard InChI is InChI=1S/C25H28FN5OS/c1-17-6-5-9-22(18(17)2)29-12-14-30(15-13-29)23(32)16-33-25-28-27-24(31(25)19-10-11-19)20-7-3-4-8-21(20)26/h3-9,19H,10-16H2,1-2H3. The van der Waals surface area contributed by atoms with E-state index in [2.05, 4.69) is 47.1 Å². The number of aryl methyl sites for hydroxylation is 1. The molecular weight excluding hydrogens is 437 g/mol. The van der Waals surface area contributed by atoms with Gasteiger partial charge in [-0.15, -0.1) is 10.2 Å². The summed E-state index contributed by atoms with van der Waals surface area (Å²) < 4.78 is 16.4. The molecule has 0 spiro atoms. The summed E-state index contributed by atoms with van der Waals surface area (Å²) in [6, 6.07) is 13.3. The molecule has 1 aromatic heterocycles. The van der Waals surface area contributed by atoms with E-state index in [4.69, 9.17) is 0 Å². The van der Waals surface area contributed by atoms with E-state index in [9.17, 15) is 9.18 Å². The molecule has 0 radical (unpaired) electrons. The van der Waals surface area contributed by atoms with Crippen LogP contribution < -0.4 is 4.90 Å². The second-order valence-electron chi connectivity index (χ2n) is 8.76. The van der Waals surface area contributed by atoms with Crippen molar-refractivity contribution < 1.29 is 9.18 Å². The molecule has 2 aliphatic rings. The molecule has 2 heterocycles. The number of piperazine rings is 1. The Morgan fingerprint density at radius 2 is 1.79 bits per heavy atom.